The van der Waals surface area contributed by atoms with Gasteiger partial charge in [0.1, 0.15) is 18.2 Å². The van der Waals surface area contributed by atoms with Crippen molar-refractivity contribution in [2.75, 3.05) is 6.61 Å². The second-order valence-corrected chi connectivity index (χ2v) is 9.48. The molecule has 1 aliphatic heterocycles. The molecule has 0 saturated carbocycles. The van der Waals surface area contributed by atoms with Crippen molar-refractivity contribution in [1.82, 2.24) is 9.78 Å². The lowest BCUT2D eigenvalue weighted by atomic mass is 9.82. The molecular formula is C31H29ClN4O3. The number of allylic oxidation sites excluding steroid dienone is 1. The molecule has 8 heteroatoms. The van der Waals surface area contributed by atoms with Gasteiger partial charge in [0.25, 0.3) is 0 Å². The van der Waals surface area contributed by atoms with E-state index < -0.39 is 5.92 Å². The van der Waals surface area contributed by atoms with Crippen LogP contribution in [0.25, 0.3) is 5.69 Å². The van der Waals surface area contributed by atoms with Crippen LogP contribution in [0.5, 0.6) is 17.4 Å². The molecule has 2 N–H and O–H groups in total. The molecule has 0 aliphatic carbocycles. The van der Waals surface area contributed by atoms with Crippen LogP contribution in [0.3, 0.4) is 0 Å². The molecule has 5 rings (SSSR count). The predicted molar refractivity (Wildman–Crippen MR) is 150 cm³/mol. The van der Waals surface area contributed by atoms with Gasteiger partial charge in [-0.05, 0) is 37.6 Å². The fraction of sp³-hybridized carbons (Fsp3) is 0.226. The molecule has 1 atom stereocenters. The molecule has 3 aromatic carbocycles. The summed E-state index contributed by atoms with van der Waals surface area (Å²) in [6.07, 6.45) is 1.56. The van der Waals surface area contributed by atoms with Gasteiger partial charge < -0.3 is 19.9 Å². The van der Waals surface area contributed by atoms with Gasteiger partial charge in [0.15, 0.2) is 11.5 Å². The van der Waals surface area contributed by atoms with E-state index in [-0.39, 0.29) is 12.5 Å². The summed E-state index contributed by atoms with van der Waals surface area (Å²) in [5, 5.41) is 15.8. The Morgan fingerprint density at radius 2 is 1.79 bits per heavy atom. The first-order chi connectivity index (χ1) is 19.1. The van der Waals surface area contributed by atoms with Gasteiger partial charge >= 0.3 is 0 Å². The van der Waals surface area contributed by atoms with Crippen LogP contribution in [0.1, 0.15) is 48.6 Å². The van der Waals surface area contributed by atoms with Crippen LogP contribution in [-0.4, -0.2) is 16.4 Å². The number of hydrogen-bond acceptors (Lipinski definition) is 6. The molecule has 1 aliphatic rings. The number of nitrogens with zero attached hydrogens (tertiary/aromatic N) is 3. The number of benzene rings is 3. The molecule has 1 aromatic heterocycles. The Balaban J connectivity index is 1.71. The van der Waals surface area contributed by atoms with E-state index in [2.05, 4.69) is 13.0 Å². The van der Waals surface area contributed by atoms with Crippen LogP contribution in [0.4, 0.5) is 0 Å². The van der Waals surface area contributed by atoms with Crippen molar-refractivity contribution >= 4 is 11.6 Å². The van der Waals surface area contributed by atoms with Gasteiger partial charge in [-0.15, -0.1) is 0 Å². The lowest BCUT2D eigenvalue weighted by Crippen LogP contribution is -2.23. The van der Waals surface area contributed by atoms with Gasteiger partial charge in [0.05, 0.1) is 29.5 Å². The highest BCUT2D eigenvalue weighted by Gasteiger charge is 2.39. The van der Waals surface area contributed by atoms with E-state index in [0.717, 1.165) is 34.5 Å². The first kappa shape index (κ1) is 26.2. The molecule has 4 aromatic rings. The smallest absolute Gasteiger partial charge is 0.229 e. The van der Waals surface area contributed by atoms with Crippen LogP contribution in [0.15, 0.2) is 84.3 Å². The van der Waals surface area contributed by atoms with E-state index in [9.17, 15) is 5.26 Å². The fourth-order valence-corrected chi connectivity index (χ4v) is 5.03. The number of halogens is 1. The SMILES string of the molecule is CCCc1nn(-c2ccccc2)c2c1C(c1cccc(OCC)c1OCc1ccccc1Cl)C(C#N)=C(N)O2. The van der Waals surface area contributed by atoms with Crippen LogP contribution >= 0.6 is 11.6 Å². The largest absolute Gasteiger partial charge is 0.490 e. The van der Waals surface area contributed by atoms with Crippen LogP contribution < -0.4 is 19.9 Å². The van der Waals surface area contributed by atoms with Gasteiger partial charge in [0.2, 0.25) is 11.8 Å². The van der Waals surface area contributed by atoms with Gasteiger partial charge in [0, 0.05) is 16.1 Å². The first-order valence-electron chi connectivity index (χ1n) is 12.9. The van der Waals surface area contributed by atoms with Gasteiger partial charge in [-0.25, -0.2) is 4.68 Å². The molecule has 0 amide bonds. The highest BCUT2D eigenvalue weighted by atomic mass is 35.5. The number of rotatable bonds is 9. The number of aryl methyl sites for hydroxylation is 1. The average molecular weight is 541 g/mol. The second kappa shape index (κ2) is 11.5. The lowest BCUT2D eigenvalue weighted by molar-refractivity contribution is 0.266. The van der Waals surface area contributed by atoms with Gasteiger partial charge in [-0.1, -0.05) is 73.5 Å². The van der Waals surface area contributed by atoms with Crippen molar-refractivity contribution in [3.63, 3.8) is 0 Å². The summed E-state index contributed by atoms with van der Waals surface area (Å²) in [7, 11) is 0. The molecular weight excluding hydrogens is 512 g/mol. The van der Waals surface area contributed by atoms with E-state index in [1.54, 1.807) is 4.68 Å². The van der Waals surface area contributed by atoms with Crippen LogP contribution in [-0.2, 0) is 13.0 Å². The Morgan fingerprint density at radius 1 is 1.03 bits per heavy atom. The van der Waals surface area contributed by atoms with E-state index >= 15 is 0 Å². The third-order valence-corrected chi connectivity index (χ3v) is 6.93. The van der Waals surface area contributed by atoms with Crippen molar-refractivity contribution in [2.24, 2.45) is 5.73 Å². The van der Waals surface area contributed by atoms with Gasteiger partial charge in [-0.2, -0.15) is 10.4 Å². The molecule has 0 saturated heterocycles. The zero-order valence-electron chi connectivity index (χ0n) is 21.9. The van der Waals surface area contributed by atoms with E-state index in [0.29, 0.717) is 41.0 Å². The summed E-state index contributed by atoms with van der Waals surface area (Å²) >= 11 is 6.42. The number of nitrogens with two attached hydrogens (primary N) is 1. The molecule has 0 fully saturated rings. The molecule has 0 spiro atoms. The molecule has 0 bridgehead atoms. The third-order valence-electron chi connectivity index (χ3n) is 6.56. The number of fused-ring (bicyclic) bond motifs is 1. The molecule has 198 valence electrons. The molecule has 1 unspecified atom stereocenters. The van der Waals surface area contributed by atoms with E-state index in [1.807, 2.05) is 79.7 Å². The van der Waals surface area contributed by atoms with Crippen molar-refractivity contribution in [3.8, 4) is 29.1 Å². The minimum Gasteiger partial charge on any atom is -0.490 e. The predicted octanol–water partition coefficient (Wildman–Crippen LogP) is 6.67. The minimum atomic E-state index is -0.570. The Bertz CT molecular complexity index is 1560. The molecule has 7 nitrogen and oxygen atoms in total. The Kier molecular flexibility index (Phi) is 7.76. The van der Waals surface area contributed by atoms with Crippen molar-refractivity contribution in [1.29, 1.82) is 5.26 Å². The maximum Gasteiger partial charge on any atom is 0.229 e. The maximum absolute atomic E-state index is 10.3. The first-order valence-corrected chi connectivity index (χ1v) is 13.3. The highest BCUT2D eigenvalue weighted by molar-refractivity contribution is 6.31. The zero-order valence-corrected chi connectivity index (χ0v) is 22.6. The van der Waals surface area contributed by atoms with E-state index in [4.69, 9.17) is 36.6 Å². The van der Waals surface area contributed by atoms with Crippen molar-refractivity contribution in [3.05, 3.63) is 112 Å². The third kappa shape index (κ3) is 5.04. The lowest BCUT2D eigenvalue weighted by Gasteiger charge is -2.27. The monoisotopic (exact) mass is 540 g/mol. The second-order valence-electron chi connectivity index (χ2n) is 9.08. The quantitative estimate of drug-likeness (QED) is 0.254. The van der Waals surface area contributed by atoms with E-state index in [1.165, 1.54) is 0 Å². The highest BCUT2D eigenvalue weighted by Crippen LogP contribution is 2.49. The fourth-order valence-electron chi connectivity index (χ4n) is 4.84. The molecule has 39 heavy (non-hydrogen) atoms. The molecule has 0 radical (unpaired) electrons. The summed E-state index contributed by atoms with van der Waals surface area (Å²) in [5.74, 6) is 1.05. The molecule has 2 heterocycles. The number of hydrogen-bond donors (Lipinski definition) is 1. The zero-order chi connectivity index (χ0) is 27.4. The van der Waals surface area contributed by atoms with Gasteiger partial charge in [-0.3, -0.25) is 0 Å². The Morgan fingerprint density at radius 3 is 2.51 bits per heavy atom. The number of ether oxygens (including phenoxy) is 3. The van der Waals surface area contributed by atoms with Crippen LogP contribution in [0, 0.1) is 11.3 Å². The topological polar surface area (TPSA) is 95.3 Å². The van der Waals surface area contributed by atoms with Crippen molar-refractivity contribution in [2.45, 2.75) is 39.2 Å². The minimum absolute atomic E-state index is 0.0361. The summed E-state index contributed by atoms with van der Waals surface area (Å²) in [5.41, 5.74) is 10.7. The summed E-state index contributed by atoms with van der Waals surface area (Å²) < 4.78 is 20.3. The standard InChI is InChI=1S/C31H29ClN4O3/c1-3-11-25-28-27(23(18-33)30(34)39-31(28)36(35-25)21-13-6-5-7-14-21)22-15-10-17-26(37-4-2)29(22)38-19-20-12-8-9-16-24(20)32/h5-10,12-17,27H,3-4,11,19,34H2,1-2H3. The maximum atomic E-state index is 10.3. The number of para-hydroxylation sites is 2. The summed E-state index contributed by atoms with van der Waals surface area (Å²) in [6, 6.07) is 25.2. The summed E-state index contributed by atoms with van der Waals surface area (Å²) in [4.78, 5) is 0. The Hall–Kier alpha value is -4.41. The Labute approximate surface area is 233 Å². The normalized spacial score (nSPS) is 14.4. The van der Waals surface area contributed by atoms with Crippen LogP contribution in [0.2, 0.25) is 5.02 Å². The average Bonchev–Trinajstić information content (AvgIpc) is 3.30. The number of aromatic nitrogens is 2. The summed E-state index contributed by atoms with van der Waals surface area (Å²) in [6.45, 7) is 4.68. The number of nitriles is 1. The van der Waals surface area contributed by atoms with Crippen molar-refractivity contribution < 1.29 is 14.2 Å².